The number of nitrogens with one attached hydrogen (secondary N) is 2. The number of piperidine rings is 1. The normalized spacial score (nSPS) is 15.2. The standard InChI is InChI=1S/C20H22F3N3O3/c21-20(22,23)15-3-1-4-16(11-15)24-13-18(27)26-8-6-14(7-9-26)19(28)25-12-17-5-2-10-29-17/h1-5,10-11,14,24H,6-9,12-13H2,(H,25,28). The van der Waals surface area contributed by atoms with Crippen molar-refractivity contribution >= 4 is 17.5 Å². The maximum absolute atomic E-state index is 12.8. The Morgan fingerprint density at radius 3 is 2.55 bits per heavy atom. The summed E-state index contributed by atoms with van der Waals surface area (Å²) in [6.07, 6.45) is -1.81. The van der Waals surface area contributed by atoms with Crippen LogP contribution in [0.4, 0.5) is 18.9 Å². The van der Waals surface area contributed by atoms with Gasteiger partial charge in [-0.25, -0.2) is 0 Å². The van der Waals surface area contributed by atoms with Crippen LogP contribution in [0.2, 0.25) is 0 Å². The van der Waals surface area contributed by atoms with Crippen molar-refractivity contribution in [1.29, 1.82) is 0 Å². The van der Waals surface area contributed by atoms with Crippen LogP contribution in [-0.4, -0.2) is 36.3 Å². The van der Waals surface area contributed by atoms with E-state index in [1.54, 1.807) is 23.3 Å². The van der Waals surface area contributed by atoms with Crippen LogP contribution < -0.4 is 10.6 Å². The van der Waals surface area contributed by atoms with Gasteiger partial charge < -0.3 is 20.0 Å². The number of anilines is 1. The minimum absolute atomic E-state index is 0.0735. The van der Waals surface area contributed by atoms with Crippen molar-refractivity contribution in [2.75, 3.05) is 25.0 Å². The Labute approximate surface area is 166 Å². The molecule has 0 bridgehead atoms. The molecule has 0 saturated carbocycles. The maximum atomic E-state index is 12.8. The largest absolute Gasteiger partial charge is 0.467 e. The van der Waals surface area contributed by atoms with E-state index in [4.69, 9.17) is 4.42 Å². The third-order valence-electron chi connectivity index (χ3n) is 4.87. The van der Waals surface area contributed by atoms with Gasteiger partial charge in [-0.3, -0.25) is 9.59 Å². The van der Waals surface area contributed by atoms with E-state index in [1.165, 1.54) is 12.1 Å². The molecule has 156 valence electrons. The zero-order chi connectivity index (χ0) is 20.9. The number of likely N-dealkylation sites (tertiary alicyclic amines) is 1. The average molecular weight is 409 g/mol. The van der Waals surface area contributed by atoms with Crippen molar-refractivity contribution < 1.29 is 27.2 Å². The number of carbonyl (C=O) groups excluding carboxylic acids is 2. The van der Waals surface area contributed by atoms with Gasteiger partial charge in [0.1, 0.15) is 5.76 Å². The molecule has 1 saturated heterocycles. The number of nitrogens with zero attached hydrogens (tertiary/aromatic N) is 1. The minimum Gasteiger partial charge on any atom is -0.467 e. The third-order valence-corrected chi connectivity index (χ3v) is 4.87. The topological polar surface area (TPSA) is 74.6 Å². The fourth-order valence-corrected chi connectivity index (χ4v) is 3.22. The van der Waals surface area contributed by atoms with Gasteiger partial charge in [0.05, 0.1) is 24.9 Å². The fourth-order valence-electron chi connectivity index (χ4n) is 3.22. The van der Waals surface area contributed by atoms with Gasteiger partial charge in [0, 0.05) is 24.7 Å². The van der Waals surface area contributed by atoms with Crippen LogP contribution >= 0.6 is 0 Å². The number of amides is 2. The fraction of sp³-hybridized carbons (Fsp3) is 0.400. The molecule has 29 heavy (non-hydrogen) atoms. The summed E-state index contributed by atoms with van der Waals surface area (Å²) in [6, 6.07) is 8.26. The molecule has 1 aromatic carbocycles. The van der Waals surface area contributed by atoms with Gasteiger partial charge >= 0.3 is 6.18 Å². The lowest BCUT2D eigenvalue weighted by molar-refractivity contribution is -0.137. The Hall–Kier alpha value is -2.97. The molecular weight excluding hydrogens is 387 g/mol. The van der Waals surface area contributed by atoms with Crippen molar-refractivity contribution in [1.82, 2.24) is 10.2 Å². The van der Waals surface area contributed by atoms with Crippen molar-refractivity contribution in [3.8, 4) is 0 Å². The molecule has 1 fully saturated rings. The Bertz CT molecular complexity index is 829. The van der Waals surface area contributed by atoms with E-state index in [-0.39, 0.29) is 30.0 Å². The summed E-state index contributed by atoms with van der Waals surface area (Å²) >= 11 is 0. The second kappa shape index (κ2) is 9.02. The van der Waals surface area contributed by atoms with E-state index in [2.05, 4.69) is 10.6 Å². The number of furan rings is 1. The second-order valence-corrected chi connectivity index (χ2v) is 6.88. The molecule has 1 aliphatic heterocycles. The van der Waals surface area contributed by atoms with Gasteiger partial charge in [-0.05, 0) is 43.2 Å². The first-order valence-corrected chi connectivity index (χ1v) is 9.32. The summed E-state index contributed by atoms with van der Waals surface area (Å²) in [5, 5.41) is 5.57. The highest BCUT2D eigenvalue weighted by molar-refractivity contribution is 5.82. The van der Waals surface area contributed by atoms with Crippen molar-refractivity contribution in [2.24, 2.45) is 5.92 Å². The summed E-state index contributed by atoms with van der Waals surface area (Å²) in [5.74, 6) is 0.213. The number of alkyl halides is 3. The zero-order valence-corrected chi connectivity index (χ0v) is 15.7. The lowest BCUT2D eigenvalue weighted by atomic mass is 9.96. The van der Waals surface area contributed by atoms with Crippen LogP contribution in [0.25, 0.3) is 0 Å². The summed E-state index contributed by atoms with van der Waals surface area (Å²) in [6.45, 7) is 1.09. The molecule has 0 atom stereocenters. The summed E-state index contributed by atoms with van der Waals surface area (Å²) in [7, 11) is 0. The minimum atomic E-state index is -4.43. The first-order valence-electron chi connectivity index (χ1n) is 9.32. The van der Waals surface area contributed by atoms with Crippen LogP contribution in [0.5, 0.6) is 0 Å². The lowest BCUT2D eigenvalue weighted by Crippen LogP contribution is -2.44. The Balaban J connectivity index is 1.42. The van der Waals surface area contributed by atoms with E-state index < -0.39 is 11.7 Å². The second-order valence-electron chi connectivity index (χ2n) is 6.88. The molecule has 1 aliphatic rings. The maximum Gasteiger partial charge on any atom is 0.416 e. The molecular formula is C20H22F3N3O3. The average Bonchev–Trinajstić information content (AvgIpc) is 3.23. The van der Waals surface area contributed by atoms with Gasteiger partial charge in [0.15, 0.2) is 0 Å². The van der Waals surface area contributed by atoms with Gasteiger partial charge in [0.2, 0.25) is 11.8 Å². The van der Waals surface area contributed by atoms with Crippen molar-refractivity contribution in [3.63, 3.8) is 0 Å². The van der Waals surface area contributed by atoms with Crippen LogP contribution in [0.15, 0.2) is 47.1 Å². The van der Waals surface area contributed by atoms with E-state index in [0.717, 1.165) is 12.1 Å². The highest BCUT2D eigenvalue weighted by Crippen LogP contribution is 2.30. The van der Waals surface area contributed by atoms with Crippen LogP contribution in [0, 0.1) is 5.92 Å². The highest BCUT2D eigenvalue weighted by Gasteiger charge is 2.30. The van der Waals surface area contributed by atoms with Crippen LogP contribution in [-0.2, 0) is 22.3 Å². The van der Waals surface area contributed by atoms with Gasteiger partial charge in [-0.15, -0.1) is 0 Å². The Morgan fingerprint density at radius 2 is 1.90 bits per heavy atom. The SMILES string of the molecule is O=C(NCc1ccco1)C1CCN(C(=O)CNc2cccc(C(F)(F)F)c2)CC1. The van der Waals surface area contributed by atoms with Gasteiger partial charge in [0.25, 0.3) is 0 Å². The van der Waals surface area contributed by atoms with E-state index in [0.29, 0.717) is 38.2 Å². The highest BCUT2D eigenvalue weighted by atomic mass is 19.4. The predicted octanol–water partition coefficient (Wildman–Crippen LogP) is 3.27. The van der Waals surface area contributed by atoms with Crippen molar-refractivity contribution in [3.05, 3.63) is 54.0 Å². The molecule has 6 nitrogen and oxygen atoms in total. The van der Waals surface area contributed by atoms with E-state index in [9.17, 15) is 22.8 Å². The first-order chi connectivity index (χ1) is 13.8. The van der Waals surface area contributed by atoms with Crippen LogP contribution in [0.3, 0.4) is 0 Å². The first kappa shape index (κ1) is 20.8. The quantitative estimate of drug-likeness (QED) is 0.768. The number of halogens is 3. The smallest absolute Gasteiger partial charge is 0.416 e. The zero-order valence-electron chi connectivity index (χ0n) is 15.7. The van der Waals surface area contributed by atoms with E-state index >= 15 is 0 Å². The number of rotatable bonds is 6. The molecule has 0 unspecified atom stereocenters. The summed E-state index contributed by atoms with van der Waals surface area (Å²) in [5.41, 5.74) is -0.531. The van der Waals surface area contributed by atoms with Gasteiger partial charge in [-0.1, -0.05) is 6.07 Å². The molecule has 2 heterocycles. The van der Waals surface area contributed by atoms with Crippen molar-refractivity contribution in [2.45, 2.75) is 25.6 Å². The Morgan fingerprint density at radius 1 is 1.14 bits per heavy atom. The molecule has 2 N–H and O–H groups in total. The number of carbonyl (C=O) groups is 2. The van der Waals surface area contributed by atoms with Crippen LogP contribution in [0.1, 0.15) is 24.2 Å². The molecule has 2 aromatic rings. The number of benzene rings is 1. The predicted molar refractivity (Wildman–Crippen MR) is 99.8 cm³/mol. The molecule has 0 radical (unpaired) electrons. The number of hydrogen-bond acceptors (Lipinski definition) is 4. The molecule has 1 aromatic heterocycles. The monoisotopic (exact) mass is 409 g/mol. The lowest BCUT2D eigenvalue weighted by Gasteiger charge is -2.31. The third kappa shape index (κ3) is 5.75. The molecule has 9 heteroatoms. The summed E-state index contributed by atoms with van der Waals surface area (Å²) < 4.78 is 43.4. The molecule has 2 amide bonds. The molecule has 3 rings (SSSR count). The van der Waals surface area contributed by atoms with E-state index in [1.807, 2.05) is 0 Å². The summed E-state index contributed by atoms with van der Waals surface area (Å²) in [4.78, 5) is 26.2. The van der Waals surface area contributed by atoms with Gasteiger partial charge in [-0.2, -0.15) is 13.2 Å². The number of hydrogen-bond donors (Lipinski definition) is 2. The Kier molecular flexibility index (Phi) is 6.46. The molecule has 0 aliphatic carbocycles. The molecule has 0 spiro atoms.